The van der Waals surface area contributed by atoms with E-state index in [1.165, 1.54) is 6.42 Å². The minimum atomic E-state index is -0.214. The van der Waals surface area contributed by atoms with Gasteiger partial charge in [-0.1, -0.05) is 42.5 Å². The van der Waals surface area contributed by atoms with Crippen LogP contribution in [0.15, 0.2) is 54.6 Å². The third-order valence-corrected chi connectivity index (χ3v) is 4.45. The highest BCUT2D eigenvalue weighted by molar-refractivity contribution is 5.97. The molecule has 2 amide bonds. The van der Waals surface area contributed by atoms with Gasteiger partial charge in [-0.05, 0) is 37.0 Å². The number of carbonyl (C=O) groups excluding carboxylic acids is 2. The first kappa shape index (κ1) is 18.0. The molecule has 0 saturated carbocycles. The fourth-order valence-corrected chi connectivity index (χ4v) is 3.03. The Hall–Kier alpha value is -2.82. The number of piperidine rings is 1. The summed E-state index contributed by atoms with van der Waals surface area (Å²) in [5.74, 6) is 0.219. The van der Waals surface area contributed by atoms with Gasteiger partial charge in [0.05, 0.1) is 5.56 Å². The van der Waals surface area contributed by atoms with Crippen molar-refractivity contribution >= 4 is 11.8 Å². The number of likely N-dealkylation sites (tertiary alicyclic amines) is 1. The van der Waals surface area contributed by atoms with Gasteiger partial charge < -0.3 is 15.0 Å². The maximum atomic E-state index is 12.7. The Morgan fingerprint density at radius 1 is 0.923 bits per heavy atom. The highest BCUT2D eigenvalue weighted by Gasteiger charge is 2.21. The zero-order chi connectivity index (χ0) is 18.2. The predicted octanol–water partition coefficient (Wildman–Crippen LogP) is 3.01. The average molecular weight is 352 g/mol. The molecule has 2 aromatic rings. The van der Waals surface area contributed by atoms with Crippen LogP contribution in [-0.2, 0) is 11.3 Å². The monoisotopic (exact) mass is 352 g/mol. The Bertz CT molecular complexity index is 740. The minimum Gasteiger partial charge on any atom is -0.483 e. The van der Waals surface area contributed by atoms with Crippen LogP contribution in [0.1, 0.15) is 35.2 Å². The third-order valence-electron chi connectivity index (χ3n) is 4.45. The molecule has 0 aliphatic carbocycles. The number of ether oxygens (including phenoxy) is 1. The molecular weight excluding hydrogens is 328 g/mol. The van der Waals surface area contributed by atoms with Crippen molar-refractivity contribution in [3.8, 4) is 5.75 Å². The smallest absolute Gasteiger partial charge is 0.258 e. The van der Waals surface area contributed by atoms with Gasteiger partial charge in [-0.15, -0.1) is 0 Å². The van der Waals surface area contributed by atoms with E-state index in [9.17, 15) is 9.59 Å². The molecule has 0 bridgehead atoms. The van der Waals surface area contributed by atoms with E-state index in [1.54, 1.807) is 12.1 Å². The molecule has 3 rings (SSSR count). The molecule has 1 N–H and O–H groups in total. The van der Waals surface area contributed by atoms with Crippen LogP contribution in [0.25, 0.3) is 0 Å². The molecule has 5 heteroatoms. The highest BCUT2D eigenvalue weighted by Crippen LogP contribution is 2.21. The van der Waals surface area contributed by atoms with Gasteiger partial charge in [0.25, 0.3) is 11.8 Å². The second-order valence-corrected chi connectivity index (χ2v) is 6.40. The molecule has 2 aromatic carbocycles. The molecule has 0 aromatic heterocycles. The van der Waals surface area contributed by atoms with Crippen LogP contribution in [0.3, 0.4) is 0 Å². The SMILES string of the molecule is O=C(COc1ccccc1C(=O)N1CCCCC1)NCc1ccccc1. The van der Waals surface area contributed by atoms with E-state index in [2.05, 4.69) is 5.32 Å². The Morgan fingerprint density at radius 2 is 1.62 bits per heavy atom. The number of amides is 2. The maximum Gasteiger partial charge on any atom is 0.258 e. The second-order valence-electron chi connectivity index (χ2n) is 6.40. The Balaban J connectivity index is 1.56. The van der Waals surface area contributed by atoms with Crippen molar-refractivity contribution in [1.29, 1.82) is 0 Å². The standard InChI is InChI=1S/C21H24N2O3/c24-20(22-15-17-9-3-1-4-10-17)16-26-19-12-6-5-11-18(19)21(25)23-13-7-2-8-14-23/h1,3-6,9-12H,2,7-8,13-16H2,(H,22,24). The van der Waals surface area contributed by atoms with Crippen LogP contribution in [0.4, 0.5) is 0 Å². The second kappa shape index (κ2) is 9.04. The lowest BCUT2D eigenvalue weighted by Crippen LogP contribution is -2.36. The van der Waals surface area contributed by atoms with Gasteiger partial charge in [0, 0.05) is 19.6 Å². The van der Waals surface area contributed by atoms with Gasteiger partial charge in [-0.3, -0.25) is 9.59 Å². The van der Waals surface area contributed by atoms with Gasteiger partial charge in [0.2, 0.25) is 0 Å². The summed E-state index contributed by atoms with van der Waals surface area (Å²) < 4.78 is 5.64. The minimum absolute atomic E-state index is 0.0232. The summed E-state index contributed by atoms with van der Waals surface area (Å²) in [7, 11) is 0. The molecule has 0 spiro atoms. The van der Waals surface area contributed by atoms with Crippen LogP contribution < -0.4 is 10.1 Å². The van der Waals surface area contributed by atoms with E-state index >= 15 is 0 Å². The predicted molar refractivity (Wildman–Crippen MR) is 100.0 cm³/mol. The molecule has 0 atom stereocenters. The van der Waals surface area contributed by atoms with Crippen molar-refractivity contribution in [2.24, 2.45) is 0 Å². The summed E-state index contributed by atoms with van der Waals surface area (Å²) in [4.78, 5) is 26.6. The van der Waals surface area contributed by atoms with E-state index in [4.69, 9.17) is 4.74 Å². The largest absolute Gasteiger partial charge is 0.483 e. The van der Waals surface area contributed by atoms with Gasteiger partial charge in [0.1, 0.15) is 5.75 Å². The van der Waals surface area contributed by atoms with E-state index in [1.807, 2.05) is 47.4 Å². The topological polar surface area (TPSA) is 58.6 Å². The summed E-state index contributed by atoms with van der Waals surface area (Å²) in [5.41, 5.74) is 1.55. The maximum absolute atomic E-state index is 12.7. The van der Waals surface area contributed by atoms with Crippen LogP contribution >= 0.6 is 0 Å². The zero-order valence-corrected chi connectivity index (χ0v) is 14.8. The van der Waals surface area contributed by atoms with E-state index < -0.39 is 0 Å². The van der Waals surface area contributed by atoms with Crippen LogP contribution in [-0.4, -0.2) is 36.4 Å². The molecule has 136 valence electrons. The molecule has 1 saturated heterocycles. The summed E-state index contributed by atoms with van der Waals surface area (Å²) >= 11 is 0. The molecule has 0 radical (unpaired) electrons. The number of nitrogens with one attached hydrogen (secondary N) is 1. The van der Waals surface area contributed by atoms with E-state index in [0.717, 1.165) is 31.5 Å². The van der Waals surface area contributed by atoms with Crippen molar-refractivity contribution in [2.45, 2.75) is 25.8 Å². The number of carbonyl (C=O) groups is 2. The number of rotatable bonds is 6. The summed E-state index contributed by atoms with van der Waals surface area (Å²) in [5, 5.41) is 2.82. The lowest BCUT2D eigenvalue weighted by atomic mass is 10.1. The average Bonchev–Trinajstić information content (AvgIpc) is 2.72. The number of para-hydroxylation sites is 1. The summed E-state index contributed by atoms with van der Waals surface area (Å²) in [6.07, 6.45) is 3.25. The first-order valence-electron chi connectivity index (χ1n) is 9.06. The van der Waals surface area contributed by atoms with Crippen molar-refractivity contribution in [1.82, 2.24) is 10.2 Å². The van der Waals surface area contributed by atoms with Crippen LogP contribution in [0.5, 0.6) is 5.75 Å². The highest BCUT2D eigenvalue weighted by atomic mass is 16.5. The third kappa shape index (κ3) is 4.85. The Morgan fingerprint density at radius 3 is 2.38 bits per heavy atom. The van der Waals surface area contributed by atoms with Crippen molar-refractivity contribution in [2.75, 3.05) is 19.7 Å². The van der Waals surface area contributed by atoms with Crippen molar-refractivity contribution in [3.63, 3.8) is 0 Å². The van der Waals surface area contributed by atoms with Gasteiger partial charge in [0.15, 0.2) is 6.61 Å². The first-order valence-corrected chi connectivity index (χ1v) is 9.06. The molecule has 1 aliphatic rings. The number of hydrogen-bond acceptors (Lipinski definition) is 3. The van der Waals surface area contributed by atoms with Gasteiger partial charge in [-0.2, -0.15) is 0 Å². The quantitative estimate of drug-likeness (QED) is 0.869. The summed E-state index contributed by atoms with van der Waals surface area (Å²) in [6, 6.07) is 16.8. The molecule has 1 heterocycles. The number of nitrogens with zero attached hydrogens (tertiary/aromatic N) is 1. The Labute approximate surface area is 154 Å². The first-order chi connectivity index (χ1) is 12.7. The molecule has 5 nitrogen and oxygen atoms in total. The van der Waals surface area contributed by atoms with Crippen molar-refractivity contribution in [3.05, 3.63) is 65.7 Å². The van der Waals surface area contributed by atoms with E-state index in [-0.39, 0.29) is 18.4 Å². The van der Waals surface area contributed by atoms with Crippen LogP contribution in [0.2, 0.25) is 0 Å². The fourth-order valence-electron chi connectivity index (χ4n) is 3.03. The normalized spacial score (nSPS) is 13.9. The Kier molecular flexibility index (Phi) is 6.25. The zero-order valence-electron chi connectivity index (χ0n) is 14.8. The number of benzene rings is 2. The molecule has 0 unspecified atom stereocenters. The van der Waals surface area contributed by atoms with E-state index in [0.29, 0.717) is 17.9 Å². The number of hydrogen-bond donors (Lipinski definition) is 1. The van der Waals surface area contributed by atoms with Gasteiger partial charge in [-0.25, -0.2) is 0 Å². The molecule has 1 fully saturated rings. The lowest BCUT2D eigenvalue weighted by Gasteiger charge is -2.27. The van der Waals surface area contributed by atoms with Gasteiger partial charge >= 0.3 is 0 Å². The fraction of sp³-hybridized carbons (Fsp3) is 0.333. The lowest BCUT2D eigenvalue weighted by molar-refractivity contribution is -0.123. The van der Waals surface area contributed by atoms with Crippen LogP contribution in [0, 0.1) is 0 Å². The van der Waals surface area contributed by atoms with Crippen molar-refractivity contribution < 1.29 is 14.3 Å². The molecular formula is C21H24N2O3. The molecule has 26 heavy (non-hydrogen) atoms. The molecule has 1 aliphatic heterocycles. The summed E-state index contributed by atoms with van der Waals surface area (Å²) in [6.45, 7) is 1.91.